The van der Waals surface area contributed by atoms with Gasteiger partial charge in [0.05, 0.1) is 0 Å². The molecule has 0 heterocycles. The zero-order chi connectivity index (χ0) is 11.4. The van der Waals surface area contributed by atoms with Crippen molar-refractivity contribution in [2.45, 2.75) is 51.0 Å². The van der Waals surface area contributed by atoms with Gasteiger partial charge in [-0.05, 0) is 49.8 Å². The van der Waals surface area contributed by atoms with Crippen molar-refractivity contribution in [3.8, 4) is 0 Å². The molecule has 1 aliphatic carbocycles. The molecule has 0 aromatic heterocycles. The molecule has 0 aliphatic heterocycles. The van der Waals surface area contributed by atoms with E-state index in [1.54, 1.807) is 0 Å². The van der Waals surface area contributed by atoms with Gasteiger partial charge in [0.1, 0.15) is 0 Å². The van der Waals surface area contributed by atoms with Crippen LogP contribution in [0.5, 0.6) is 0 Å². The van der Waals surface area contributed by atoms with E-state index in [0.29, 0.717) is 0 Å². The van der Waals surface area contributed by atoms with E-state index < -0.39 is 0 Å². The van der Waals surface area contributed by atoms with E-state index in [4.69, 9.17) is 0 Å². The van der Waals surface area contributed by atoms with Crippen LogP contribution in [0.3, 0.4) is 0 Å². The van der Waals surface area contributed by atoms with Crippen molar-refractivity contribution < 1.29 is 0 Å². The van der Waals surface area contributed by atoms with Gasteiger partial charge < -0.3 is 5.32 Å². The lowest BCUT2D eigenvalue weighted by atomic mass is 9.96. The molecule has 1 aromatic rings. The Hall–Kier alpha value is -0.820. The van der Waals surface area contributed by atoms with E-state index in [-0.39, 0.29) is 0 Å². The average Bonchev–Trinajstić information content (AvgIpc) is 2.79. The van der Waals surface area contributed by atoms with E-state index in [1.807, 2.05) is 0 Å². The predicted octanol–water partition coefficient (Wildman–Crippen LogP) is 3.49. The second kappa shape index (κ2) is 5.49. The molecule has 1 saturated carbocycles. The van der Waals surface area contributed by atoms with Gasteiger partial charge in [-0.2, -0.15) is 0 Å². The van der Waals surface area contributed by atoms with Crippen molar-refractivity contribution in [1.29, 1.82) is 0 Å². The molecule has 0 radical (unpaired) electrons. The minimum atomic E-state index is 0.736. The normalized spacial score (nSPS) is 24.9. The maximum Gasteiger partial charge on any atom is 0.00701 e. The van der Waals surface area contributed by atoms with Gasteiger partial charge in [0.15, 0.2) is 0 Å². The second-order valence-corrected chi connectivity index (χ2v) is 4.99. The summed E-state index contributed by atoms with van der Waals surface area (Å²) < 4.78 is 0. The zero-order valence-electron chi connectivity index (χ0n) is 10.5. The number of benzene rings is 1. The van der Waals surface area contributed by atoms with Crippen LogP contribution >= 0.6 is 0 Å². The highest BCUT2D eigenvalue weighted by molar-refractivity contribution is 5.26. The molecule has 2 atom stereocenters. The summed E-state index contributed by atoms with van der Waals surface area (Å²) in [7, 11) is 2.08. The lowest BCUT2D eigenvalue weighted by molar-refractivity contribution is 0.572. The Morgan fingerprint density at radius 1 is 1.19 bits per heavy atom. The highest BCUT2D eigenvalue weighted by Gasteiger charge is 2.24. The number of hydrogen-bond acceptors (Lipinski definition) is 1. The lowest BCUT2D eigenvalue weighted by Crippen LogP contribution is -2.21. The first-order chi connectivity index (χ1) is 7.83. The monoisotopic (exact) mass is 217 g/mol. The molecule has 1 nitrogen and oxygen atoms in total. The van der Waals surface area contributed by atoms with E-state index in [9.17, 15) is 0 Å². The zero-order valence-corrected chi connectivity index (χ0v) is 10.5. The fraction of sp³-hybridized carbons (Fsp3) is 0.600. The summed E-state index contributed by atoms with van der Waals surface area (Å²) >= 11 is 0. The van der Waals surface area contributed by atoms with Crippen LogP contribution in [0.1, 0.15) is 49.7 Å². The van der Waals surface area contributed by atoms with Crippen molar-refractivity contribution in [1.82, 2.24) is 5.32 Å². The molecule has 1 aromatic carbocycles. The summed E-state index contributed by atoms with van der Waals surface area (Å²) in [6.45, 7) is 2.24. The second-order valence-electron chi connectivity index (χ2n) is 4.99. The minimum absolute atomic E-state index is 0.736. The highest BCUT2D eigenvalue weighted by Crippen LogP contribution is 2.34. The Labute approximate surface area is 99.3 Å². The average molecular weight is 217 g/mol. The fourth-order valence-electron chi connectivity index (χ4n) is 2.79. The van der Waals surface area contributed by atoms with Crippen LogP contribution in [-0.2, 0) is 6.42 Å². The minimum Gasteiger partial charge on any atom is -0.317 e. The van der Waals surface area contributed by atoms with Crippen molar-refractivity contribution in [2.75, 3.05) is 7.05 Å². The maximum absolute atomic E-state index is 3.40. The number of rotatable bonds is 4. The summed E-state index contributed by atoms with van der Waals surface area (Å²) in [5.74, 6) is 0.785. The molecule has 1 aliphatic rings. The molecular weight excluding hydrogens is 194 g/mol. The van der Waals surface area contributed by atoms with Gasteiger partial charge in [0, 0.05) is 6.04 Å². The molecule has 88 valence electrons. The lowest BCUT2D eigenvalue weighted by Gasteiger charge is -2.11. The molecule has 2 unspecified atom stereocenters. The van der Waals surface area contributed by atoms with Crippen LogP contribution in [0.2, 0.25) is 0 Å². The van der Waals surface area contributed by atoms with Crippen LogP contribution < -0.4 is 5.32 Å². The largest absolute Gasteiger partial charge is 0.317 e. The first kappa shape index (κ1) is 11.7. The fourth-order valence-corrected chi connectivity index (χ4v) is 2.79. The molecule has 0 amide bonds. The Balaban J connectivity index is 1.99. The van der Waals surface area contributed by atoms with Crippen molar-refractivity contribution in [3.63, 3.8) is 0 Å². The highest BCUT2D eigenvalue weighted by atomic mass is 14.9. The number of hydrogen-bond donors (Lipinski definition) is 1. The Morgan fingerprint density at radius 3 is 2.50 bits per heavy atom. The van der Waals surface area contributed by atoms with E-state index in [0.717, 1.165) is 12.0 Å². The van der Waals surface area contributed by atoms with Gasteiger partial charge in [-0.3, -0.25) is 0 Å². The predicted molar refractivity (Wildman–Crippen MR) is 69.9 cm³/mol. The summed E-state index contributed by atoms with van der Waals surface area (Å²) in [5, 5.41) is 3.40. The van der Waals surface area contributed by atoms with E-state index in [2.05, 4.69) is 43.6 Å². The van der Waals surface area contributed by atoms with Gasteiger partial charge in [0.2, 0.25) is 0 Å². The van der Waals surface area contributed by atoms with Gasteiger partial charge in [-0.25, -0.2) is 0 Å². The SMILES string of the molecule is CCCc1ccc(C2CCC(NC)C2)cc1. The third kappa shape index (κ3) is 2.65. The number of nitrogens with one attached hydrogen (secondary N) is 1. The molecule has 0 bridgehead atoms. The quantitative estimate of drug-likeness (QED) is 0.814. The van der Waals surface area contributed by atoms with Crippen LogP contribution in [0, 0.1) is 0 Å². The topological polar surface area (TPSA) is 12.0 Å². The van der Waals surface area contributed by atoms with Crippen LogP contribution in [-0.4, -0.2) is 13.1 Å². The summed E-state index contributed by atoms with van der Waals surface area (Å²) in [5.41, 5.74) is 3.02. The summed E-state index contributed by atoms with van der Waals surface area (Å²) in [6, 6.07) is 10.0. The molecule has 16 heavy (non-hydrogen) atoms. The molecule has 0 spiro atoms. The smallest absolute Gasteiger partial charge is 0.00701 e. The van der Waals surface area contributed by atoms with Crippen molar-refractivity contribution in [3.05, 3.63) is 35.4 Å². The van der Waals surface area contributed by atoms with Gasteiger partial charge in [-0.15, -0.1) is 0 Å². The Morgan fingerprint density at radius 2 is 1.94 bits per heavy atom. The third-order valence-electron chi connectivity index (χ3n) is 3.83. The molecular formula is C15H23N. The molecule has 1 N–H and O–H groups in total. The Bertz CT molecular complexity index is 315. The van der Waals surface area contributed by atoms with Crippen LogP contribution in [0.4, 0.5) is 0 Å². The molecule has 1 fully saturated rings. The Kier molecular flexibility index (Phi) is 4.00. The van der Waals surface area contributed by atoms with E-state index in [1.165, 1.54) is 43.2 Å². The third-order valence-corrected chi connectivity index (χ3v) is 3.83. The first-order valence-corrected chi connectivity index (χ1v) is 6.59. The van der Waals surface area contributed by atoms with Crippen molar-refractivity contribution >= 4 is 0 Å². The number of aryl methyl sites for hydroxylation is 1. The molecule has 1 heteroatoms. The summed E-state index contributed by atoms with van der Waals surface area (Å²) in [4.78, 5) is 0. The standard InChI is InChI=1S/C15H23N/c1-3-4-12-5-7-13(8-6-12)14-9-10-15(11-14)16-2/h5-8,14-16H,3-4,9-11H2,1-2H3. The van der Waals surface area contributed by atoms with E-state index >= 15 is 0 Å². The van der Waals surface area contributed by atoms with Gasteiger partial charge >= 0.3 is 0 Å². The maximum atomic E-state index is 3.40. The molecule has 2 rings (SSSR count). The summed E-state index contributed by atoms with van der Waals surface area (Å²) in [6.07, 6.45) is 6.44. The molecule has 0 saturated heterocycles. The first-order valence-electron chi connectivity index (χ1n) is 6.59. The van der Waals surface area contributed by atoms with Gasteiger partial charge in [0.25, 0.3) is 0 Å². The van der Waals surface area contributed by atoms with Crippen LogP contribution in [0.25, 0.3) is 0 Å². The van der Waals surface area contributed by atoms with Gasteiger partial charge in [-0.1, -0.05) is 37.6 Å². The van der Waals surface area contributed by atoms with Crippen LogP contribution in [0.15, 0.2) is 24.3 Å². The van der Waals surface area contributed by atoms with Crippen molar-refractivity contribution in [2.24, 2.45) is 0 Å².